The van der Waals surface area contributed by atoms with Gasteiger partial charge < -0.3 is 13.9 Å². The van der Waals surface area contributed by atoms with E-state index >= 15 is 0 Å². The van der Waals surface area contributed by atoms with Gasteiger partial charge in [0.25, 0.3) is 0 Å². The summed E-state index contributed by atoms with van der Waals surface area (Å²) in [6, 6.07) is 10.9. The summed E-state index contributed by atoms with van der Waals surface area (Å²) in [5.41, 5.74) is 4.80. The summed E-state index contributed by atoms with van der Waals surface area (Å²) in [5.74, 6) is 0.149. The van der Waals surface area contributed by atoms with E-state index in [1.165, 1.54) is 18.2 Å². The summed E-state index contributed by atoms with van der Waals surface area (Å²) in [7, 11) is 1.35. The molecular formula is C23H24O5. The maximum atomic E-state index is 12.4. The number of esters is 2. The lowest BCUT2D eigenvalue weighted by Gasteiger charge is -2.10. The molecule has 146 valence electrons. The molecule has 0 atom stereocenters. The van der Waals surface area contributed by atoms with E-state index in [0.717, 1.165) is 22.1 Å². The Morgan fingerprint density at radius 3 is 2.39 bits per heavy atom. The van der Waals surface area contributed by atoms with Gasteiger partial charge in [0.2, 0.25) is 0 Å². The first-order valence-corrected chi connectivity index (χ1v) is 9.24. The smallest absolute Gasteiger partial charge is 0.315 e. The van der Waals surface area contributed by atoms with E-state index in [2.05, 4.69) is 31.6 Å². The summed E-state index contributed by atoms with van der Waals surface area (Å²) in [5, 5.41) is 0.944. The molecule has 3 aromatic rings. The molecule has 0 saturated heterocycles. The highest BCUT2D eigenvalue weighted by molar-refractivity contribution is 5.87. The predicted molar refractivity (Wildman–Crippen MR) is 107 cm³/mol. The van der Waals surface area contributed by atoms with Crippen LogP contribution in [0.3, 0.4) is 0 Å². The minimum atomic E-state index is -0.366. The minimum Gasteiger partial charge on any atom is -0.469 e. The van der Waals surface area contributed by atoms with Crippen LogP contribution in [0.4, 0.5) is 0 Å². The molecule has 3 rings (SSSR count). The first-order chi connectivity index (χ1) is 13.4. The van der Waals surface area contributed by atoms with E-state index in [0.29, 0.717) is 11.7 Å². The molecule has 28 heavy (non-hydrogen) atoms. The molecule has 0 aliphatic heterocycles. The van der Waals surface area contributed by atoms with E-state index in [-0.39, 0.29) is 24.8 Å². The molecule has 1 aromatic heterocycles. The van der Waals surface area contributed by atoms with Gasteiger partial charge in [-0.3, -0.25) is 9.59 Å². The van der Waals surface area contributed by atoms with Crippen LogP contribution < -0.4 is 4.74 Å². The van der Waals surface area contributed by atoms with Gasteiger partial charge in [-0.25, -0.2) is 0 Å². The number of hydrogen-bond acceptors (Lipinski definition) is 5. The van der Waals surface area contributed by atoms with Crippen LogP contribution in [0.25, 0.3) is 11.0 Å². The molecule has 0 bridgehead atoms. The molecule has 0 amide bonds. The zero-order valence-corrected chi connectivity index (χ0v) is 16.6. The fourth-order valence-corrected chi connectivity index (χ4v) is 3.24. The molecule has 0 N–H and O–H groups in total. The molecule has 0 radical (unpaired) electrons. The Kier molecular flexibility index (Phi) is 5.83. The molecule has 0 saturated carbocycles. The molecule has 1 heterocycles. The second-order valence-corrected chi connectivity index (χ2v) is 7.17. The van der Waals surface area contributed by atoms with Gasteiger partial charge in [0.05, 0.1) is 26.2 Å². The van der Waals surface area contributed by atoms with Crippen molar-refractivity contribution in [3.63, 3.8) is 0 Å². The van der Waals surface area contributed by atoms with Gasteiger partial charge in [0, 0.05) is 10.9 Å². The number of aryl methyl sites for hydroxylation is 1. The minimum absolute atomic E-state index is 0.123. The lowest BCUT2D eigenvalue weighted by Crippen LogP contribution is -2.11. The zero-order valence-electron chi connectivity index (χ0n) is 16.6. The number of fused-ring (bicyclic) bond motifs is 1. The van der Waals surface area contributed by atoms with Crippen LogP contribution in [0, 0.1) is 6.92 Å². The second kappa shape index (κ2) is 8.30. The van der Waals surface area contributed by atoms with Gasteiger partial charge in [-0.15, -0.1) is 0 Å². The van der Waals surface area contributed by atoms with E-state index in [9.17, 15) is 9.59 Å². The predicted octanol–water partition coefficient (Wildman–Crippen LogP) is 4.73. The highest BCUT2D eigenvalue weighted by Crippen LogP contribution is 2.29. The normalized spacial score (nSPS) is 11.0. The van der Waals surface area contributed by atoms with Gasteiger partial charge >= 0.3 is 11.9 Å². The second-order valence-electron chi connectivity index (χ2n) is 7.17. The van der Waals surface area contributed by atoms with Crippen molar-refractivity contribution in [1.82, 2.24) is 0 Å². The van der Waals surface area contributed by atoms with E-state index in [1.807, 2.05) is 6.07 Å². The SMILES string of the molecule is COC(=O)Cc1ccc(OC(=O)Cc2coc3cc(C)c(C(C)C)cc23)cc1. The van der Waals surface area contributed by atoms with Gasteiger partial charge in [-0.2, -0.15) is 0 Å². The monoisotopic (exact) mass is 380 g/mol. The van der Waals surface area contributed by atoms with Crippen molar-refractivity contribution < 1.29 is 23.5 Å². The largest absolute Gasteiger partial charge is 0.469 e. The summed E-state index contributed by atoms with van der Waals surface area (Å²) >= 11 is 0. The van der Waals surface area contributed by atoms with Crippen LogP contribution >= 0.6 is 0 Å². The van der Waals surface area contributed by atoms with Crippen molar-refractivity contribution >= 4 is 22.9 Å². The van der Waals surface area contributed by atoms with Crippen molar-refractivity contribution in [2.45, 2.75) is 39.5 Å². The molecule has 5 nitrogen and oxygen atoms in total. The van der Waals surface area contributed by atoms with Crippen molar-refractivity contribution in [2.75, 3.05) is 7.11 Å². The fraction of sp³-hybridized carbons (Fsp3) is 0.304. The number of furan rings is 1. The number of methoxy groups -OCH3 is 1. The van der Waals surface area contributed by atoms with Crippen molar-refractivity contribution in [3.05, 3.63) is 64.9 Å². The number of hydrogen-bond donors (Lipinski definition) is 0. The maximum absolute atomic E-state index is 12.4. The number of carbonyl (C=O) groups excluding carboxylic acids is 2. The number of ether oxygens (including phenoxy) is 2. The van der Waals surface area contributed by atoms with E-state index in [1.54, 1.807) is 30.5 Å². The summed E-state index contributed by atoms with van der Waals surface area (Å²) in [4.78, 5) is 23.7. The average molecular weight is 380 g/mol. The topological polar surface area (TPSA) is 65.7 Å². The van der Waals surface area contributed by atoms with Gasteiger partial charge in [-0.05, 0) is 53.8 Å². The Hall–Kier alpha value is -3.08. The van der Waals surface area contributed by atoms with Crippen LogP contribution in [0.15, 0.2) is 47.1 Å². The number of carbonyl (C=O) groups is 2. The quantitative estimate of drug-likeness (QED) is 0.457. The third-order valence-corrected chi connectivity index (χ3v) is 4.73. The third kappa shape index (κ3) is 4.42. The molecule has 5 heteroatoms. The Bertz CT molecular complexity index is 996. The summed E-state index contributed by atoms with van der Waals surface area (Å²) in [6.07, 6.45) is 1.93. The van der Waals surface area contributed by atoms with Crippen LogP contribution in [0.1, 0.15) is 42.0 Å². The highest BCUT2D eigenvalue weighted by atomic mass is 16.5. The Morgan fingerprint density at radius 1 is 1.04 bits per heavy atom. The van der Waals surface area contributed by atoms with E-state index in [4.69, 9.17) is 9.15 Å². The molecule has 0 aliphatic rings. The van der Waals surface area contributed by atoms with Crippen LogP contribution in [-0.2, 0) is 27.2 Å². The third-order valence-electron chi connectivity index (χ3n) is 4.73. The number of rotatable bonds is 6. The Balaban J connectivity index is 1.71. The van der Waals surface area contributed by atoms with Gasteiger partial charge in [-0.1, -0.05) is 26.0 Å². The molecule has 0 spiro atoms. The average Bonchev–Trinajstić information content (AvgIpc) is 3.03. The van der Waals surface area contributed by atoms with Crippen LogP contribution in [-0.4, -0.2) is 19.0 Å². The molecule has 0 unspecified atom stereocenters. The van der Waals surface area contributed by atoms with Crippen LogP contribution in [0.2, 0.25) is 0 Å². The lowest BCUT2D eigenvalue weighted by atomic mass is 9.95. The standard InChI is InChI=1S/C23H24O5/c1-14(2)19-12-20-17(13-27-21(20)9-15(19)3)11-23(25)28-18-7-5-16(6-8-18)10-22(24)26-4/h5-9,12-14H,10-11H2,1-4H3. The van der Waals surface area contributed by atoms with Crippen molar-refractivity contribution in [2.24, 2.45) is 0 Å². The Morgan fingerprint density at radius 2 is 1.75 bits per heavy atom. The molecular weight excluding hydrogens is 356 g/mol. The molecule has 0 fully saturated rings. The maximum Gasteiger partial charge on any atom is 0.315 e. The molecule has 2 aromatic carbocycles. The fourth-order valence-electron chi connectivity index (χ4n) is 3.24. The van der Waals surface area contributed by atoms with E-state index < -0.39 is 0 Å². The Labute approximate surface area is 164 Å². The lowest BCUT2D eigenvalue weighted by molar-refractivity contribution is -0.139. The van der Waals surface area contributed by atoms with Crippen molar-refractivity contribution in [1.29, 1.82) is 0 Å². The highest BCUT2D eigenvalue weighted by Gasteiger charge is 2.15. The van der Waals surface area contributed by atoms with Crippen molar-refractivity contribution in [3.8, 4) is 5.75 Å². The first kappa shape index (κ1) is 19.7. The van der Waals surface area contributed by atoms with Gasteiger partial charge in [0.15, 0.2) is 0 Å². The first-order valence-electron chi connectivity index (χ1n) is 9.24. The van der Waals surface area contributed by atoms with Crippen LogP contribution in [0.5, 0.6) is 5.75 Å². The summed E-state index contributed by atoms with van der Waals surface area (Å²) in [6.45, 7) is 6.35. The molecule has 0 aliphatic carbocycles. The van der Waals surface area contributed by atoms with Gasteiger partial charge in [0.1, 0.15) is 11.3 Å². The zero-order chi connectivity index (χ0) is 20.3. The number of benzene rings is 2. The summed E-state index contributed by atoms with van der Waals surface area (Å²) < 4.78 is 15.7.